The number of phenolic OH excluding ortho intramolecular Hbond substituents is 1. The Labute approximate surface area is 276 Å². The van der Waals surface area contributed by atoms with E-state index in [1.54, 1.807) is 6.07 Å². The number of piperidine rings is 1. The van der Waals surface area contributed by atoms with Gasteiger partial charge < -0.3 is 34.8 Å². The second-order valence-electron chi connectivity index (χ2n) is 15.2. The van der Waals surface area contributed by atoms with E-state index in [-0.39, 0.29) is 17.9 Å². The molecule has 0 unspecified atom stereocenters. The molecule has 1 saturated carbocycles. The minimum atomic E-state index is -0.439. The van der Waals surface area contributed by atoms with Crippen LogP contribution in [0.5, 0.6) is 5.75 Å². The number of ether oxygens (including phenoxy) is 1. The van der Waals surface area contributed by atoms with Gasteiger partial charge in [-0.2, -0.15) is 0 Å². The van der Waals surface area contributed by atoms with Gasteiger partial charge >= 0.3 is 6.09 Å². The lowest BCUT2D eigenvalue weighted by Crippen LogP contribution is -2.68. The Morgan fingerprint density at radius 1 is 1.00 bits per heavy atom. The van der Waals surface area contributed by atoms with Crippen molar-refractivity contribution in [3.05, 3.63) is 48.3 Å². The monoisotopic (exact) mass is 639 g/mol. The zero-order chi connectivity index (χ0) is 32.3. The number of anilines is 3. The largest absolute Gasteiger partial charge is 0.507 e. The van der Waals surface area contributed by atoms with Crippen LogP contribution in [-0.2, 0) is 4.74 Å². The van der Waals surface area contributed by atoms with Crippen molar-refractivity contribution in [2.45, 2.75) is 70.1 Å². The van der Waals surface area contributed by atoms with Crippen molar-refractivity contribution >= 4 is 23.5 Å². The highest BCUT2D eigenvalue weighted by molar-refractivity contribution is 5.76. The van der Waals surface area contributed by atoms with E-state index in [1.807, 2.05) is 49.9 Å². The standard InChI is InChI=1S/C35H45N9O3/c1-34(2,3)47-33(46)43-21-35(22-43)15-25(16-35)41-10-8-23(9-11-41)24-17-37-32(38-18-24)42-12-13-44-26(20-42)19-36-31-29(44)14-28(39-40-31)27-6-4-5-7-30(27)45/h4-7,14,17-18,23,25-26,45H,8-13,15-16,19-22H2,1-3H3,(H,36,40)/t26-/m0/s1. The Kier molecular flexibility index (Phi) is 7.38. The summed E-state index contributed by atoms with van der Waals surface area (Å²) >= 11 is 0. The maximum absolute atomic E-state index is 12.4. The number of hydrogen-bond acceptors (Lipinski definition) is 11. The quantitative estimate of drug-likeness (QED) is 0.424. The third-order valence-electron chi connectivity index (χ3n) is 10.8. The van der Waals surface area contributed by atoms with Crippen LogP contribution in [-0.4, -0.2) is 111 Å². The van der Waals surface area contributed by atoms with E-state index in [4.69, 9.17) is 14.7 Å². The Morgan fingerprint density at radius 2 is 1.74 bits per heavy atom. The first-order valence-corrected chi connectivity index (χ1v) is 17.1. The van der Waals surface area contributed by atoms with Gasteiger partial charge in [0.15, 0.2) is 5.82 Å². The molecule has 1 aliphatic carbocycles. The first-order chi connectivity index (χ1) is 22.6. The Bertz CT molecular complexity index is 1620. The molecule has 1 aromatic carbocycles. The zero-order valence-electron chi connectivity index (χ0n) is 27.6. The second kappa shape index (κ2) is 11.5. The first kappa shape index (κ1) is 30.2. The molecule has 4 fully saturated rings. The molecule has 1 atom stereocenters. The normalized spacial score (nSPS) is 23.0. The average Bonchev–Trinajstić information content (AvgIpc) is 3.03. The van der Waals surface area contributed by atoms with Crippen molar-refractivity contribution in [1.82, 2.24) is 30.0 Å². The molecule has 12 nitrogen and oxygen atoms in total. The number of carbonyl (C=O) groups is 1. The molecule has 1 amide bonds. The number of aromatic nitrogens is 4. The van der Waals surface area contributed by atoms with Crippen molar-refractivity contribution in [3.8, 4) is 17.0 Å². The van der Waals surface area contributed by atoms with Crippen LogP contribution < -0.4 is 15.1 Å². The summed E-state index contributed by atoms with van der Waals surface area (Å²) in [6.07, 6.45) is 8.58. The van der Waals surface area contributed by atoms with Crippen molar-refractivity contribution in [2.24, 2.45) is 5.41 Å². The van der Waals surface area contributed by atoms with Gasteiger partial charge in [0, 0.05) is 68.7 Å². The molecule has 47 heavy (non-hydrogen) atoms. The molecule has 6 heterocycles. The van der Waals surface area contributed by atoms with Crippen LogP contribution in [0.3, 0.4) is 0 Å². The topological polar surface area (TPSA) is 123 Å². The van der Waals surface area contributed by atoms with Gasteiger partial charge in [-0.15, -0.1) is 10.2 Å². The maximum atomic E-state index is 12.4. The number of hydrogen-bond donors (Lipinski definition) is 2. The molecular weight excluding hydrogens is 594 g/mol. The second-order valence-corrected chi connectivity index (χ2v) is 15.2. The molecule has 0 radical (unpaired) electrons. The number of nitrogens with one attached hydrogen (secondary N) is 1. The maximum Gasteiger partial charge on any atom is 0.410 e. The summed E-state index contributed by atoms with van der Waals surface area (Å²) in [7, 11) is 0. The fourth-order valence-electron chi connectivity index (χ4n) is 8.27. The Balaban J connectivity index is 0.826. The number of para-hydroxylation sites is 1. The average molecular weight is 640 g/mol. The molecular formula is C35H45N9O3. The lowest BCUT2D eigenvalue weighted by atomic mass is 9.60. The molecule has 0 bridgehead atoms. The van der Waals surface area contributed by atoms with Crippen molar-refractivity contribution < 1.29 is 14.6 Å². The van der Waals surface area contributed by atoms with Crippen LogP contribution in [0.2, 0.25) is 0 Å². The van der Waals surface area contributed by atoms with E-state index in [0.29, 0.717) is 28.6 Å². The lowest BCUT2D eigenvalue weighted by molar-refractivity contribution is -0.110. The fraction of sp³-hybridized carbons (Fsp3) is 0.571. The molecule has 8 rings (SSSR count). The van der Waals surface area contributed by atoms with E-state index in [2.05, 4.69) is 42.6 Å². The summed E-state index contributed by atoms with van der Waals surface area (Å²) in [5, 5.41) is 22.6. The number of aromatic hydroxyl groups is 1. The molecule has 248 valence electrons. The number of nitrogens with zero attached hydrogens (tertiary/aromatic N) is 8. The minimum Gasteiger partial charge on any atom is -0.507 e. The lowest BCUT2D eigenvalue weighted by Gasteiger charge is -2.61. The Hall–Kier alpha value is -4.19. The summed E-state index contributed by atoms with van der Waals surface area (Å²) in [6.45, 7) is 12.9. The summed E-state index contributed by atoms with van der Waals surface area (Å²) in [5.74, 6) is 2.27. The van der Waals surface area contributed by atoms with Crippen LogP contribution in [0.25, 0.3) is 11.3 Å². The third-order valence-corrected chi connectivity index (χ3v) is 10.8. The first-order valence-electron chi connectivity index (χ1n) is 17.1. The number of likely N-dealkylation sites (tertiary alicyclic amines) is 2. The predicted octanol–water partition coefficient (Wildman–Crippen LogP) is 4.34. The minimum absolute atomic E-state index is 0.171. The van der Waals surface area contributed by atoms with Crippen molar-refractivity contribution in [2.75, 3.05) is 67.5 Å². The number of piperazine rings is 1. The Morgan fingerprint density at radius 3 is 2.47 bits per heavy atom. The van der Waals surface area contributed by atoms with Gasteiger partial charge in [0.2, 0.25) is 5.95 Å². The van der Waals surface area contributed by atoms with Gasteiger partial charge in [-0.3, -0.25) is 0 Å². The number of rotatable bonds is 4. The molecule has 12 heteroatoms. The summed E-state index contributed by atoms with van der Waals surface area (Å²) < 4.78 is 5.54. The number of phenols is 1. The third kappa shape index (κ3) is 5.81. The zero-order valence-corrected chi connectivity index (χ0v) is 27.6. The van der Waals surface area contributed by atoms with Crippen LogP contribution >= 0.6 is 0 Å². The molecule has 1 spiro atoms. The smallest absolute Gasteiger partial charge is 0.410 e. The SMILES string of the molecule is CC(C)(C)OC(=O)N1CC2(CC(N3CCC(c4cnc(N5CCN6c7cc(-c8ccccc8O)nnc7NC[C@H]6C5)nc4)CC3)C2)C1. The van der Waals surface area contributed by atoms with Gasteiger partial charge in [-0.1, -0.05) is 12.1 Å². The van der Waals surface area contributed by atoms with Crippen LogP contribution in [0.4, 0.5) is 22.2 Å². The number of benzene rings is 1. The fourth-order valence-corrected chi connectivity index (χ4v) is 8.27. The van der Waals surface area contributed by atoms with E-state index in [9.17, 15) is 9.90 Å². The number of fused-ring (bicyclic) bond motifs is 3. The summed E-state index contributed by atoms with van der Waals surface area (Å²) in [4.78, 5) is 31.3. The van der Waals surface area contributed by atoms with Gasteiger partial charge in [-0.05, 0) is 89.2 Å². The highest BCUT2D eigenvalue weighted by atomic mass is 16.6. The molecule has 3 aromatic rings. The van der Waals surface area contributed by atoms with E-state index < -0.39 is 5.60 Å². The number of amides is 1. The van der Waals surface area contributed by atoms with Crippen LogP contribution in [0.1, 0.15) is 57.9 Å². The highest BCUT2D eigenvalue weighted by Gasteiger charge is 2.55. The molecule has 4 aliphatic heterocycles. The van der Waals surface area contributed by atoms with E-state index in [1.165, 1.54) is 18.4 Å². The van der Waals surface area contributed by atoms with Gasteiger partial charge in [-0.25, -0.2) is 14.8 Å². The van der Waals surface area contributed by atoms with Crippen molar-refractivity contribution in [3.63, 3.8) is 0 Å². The summed E-state index contributed by atoms with van der Waals surface area (Å²) in [6, 6.07) is 10.2. The highest BCUT2D eigenvalue weighted by Crippen LogP contribution is 2.51. The molecule has 2 aromatic heterocycles. The molecule has 3 saturated heterocycles. The number of carbonyl (C=O) groups excluding carboxylic acids is 1. The van der Waals surface area contributed by atoms with Gasteiger partial charge in [0.1, 0.15) is 11.4 Å². The summed E-state index contributed by atoms with van der Waals surface area (Å²) in [5.41, 5.74) is 3.48. The van der Waals surface area contributed by atoms with Gasteiger partial charge in [0.25, 0.3) is 0 Å². The van der Waals surface area contributed by atoms with E-state index >= 15 is 0 Å². The predicted molar refractivity (Wildman–Crippen MR) is 180 cm³/mol. The molecule has 5 aliphatic rings. The molecule has 2 N–H and O–H groups in total. The van der Waals surface area contributed by atoms with Gasteiger partial charge in [0.05, 0.1) is 17.4 Å². The van der Waals surface area contributed by atoms with Crippen molar-refractivity contribution in [1.29, 1.82) is 0 Å². The van der Waals surface area contributed by atoms with Crippen LogP contribution in [0.15, 0.2) is 42.7 Å². The van der Waals surface area contributed by atoms with Crippen LogP contribution in [0, 0.1) is 5.41 Å². The van der Waals surface area contributed by atoms with E-state index in [0.717, 1.165) is 82.7 Å².